The summed E-state index contributed by atoms with van der Waals surface area (Å²) in [5.41, 5.74) is 0.860. The van der Waals surface area contributed by atoms with E-state index in [1.807, 2.05) is 48.5 Å². The van der Waals surface area contributed by atoms with Crippen LogP contribution >= 0.6 is 27.7 Å². The summed E-state index contributed by atoms with van der Waals surface area (Å²) < 4.78 is 34.8. The molecule has 1 saturated heterocycles. The van der Waals surface area contributed by atoms with Crippen LogP contribution in [-0.2, 0) is 10.0 Å². The van der Waals surface area contributed by atoms with E-state index in [1.54, 1.807) is 35.3 Å². The summed E-state index contributed by atoms with van der Waals surface area (Å²) in [7, 11) is -2.02. The molecule has 7 heteroatoms. The summed E-state index contributed by atoms with van der Waals surface area (Å²) in [6.45, 7) is 0.472. The number of benzene rings is 3. The molecule has 1 atom stereocenters. The number of hydrogen-bond donors (Lipinski definition) is 0. The summed E-state index contributed by atoms with van der Waals surface area (Å²) in [5, 5.41) is 1.63. The Labute approximate surface area is 171 Å². The molecule has 0 unspecified atom stereocenters. The fourth-order valence-corrected chi connectivity index (χ4v) is 6.97. The van der Waals surface area contributed by atoms with Crippen molar-refractivity contribution in [1.82, 2.24) is 4.31 Å². The number of halogens is 1. The monoisotopic (exact) mass is 463 g/mol. The number of thioether (sulfide) groups is 1. The van der Waals surface area contributed by atoms with Gasteiger partial charge in [-0.25, -0.2) is 8.42 Å². The molecule has 0 radical (unpaired) electrons. The summed E-state index contributed by atoms with van der Waals surface area (Å²) in [6.07, 6.45) is 0. The molecule has 27 heavy (non-hydrogen) atoms. The Morgan fingerprint density at radius 3 is 2.63 bits per heavy atom. The molecule has 3 aromatic rings. The van der Waals surface area contributed by atoms with E-state index in [0.29, 0.717) is 17.2 Å². The topological polar surface area (TPSA) is 46.6 Å². The Kier molecular flexibility index (Phi) is 5.20. The number of methoxy groups -OCH3 is 1. The minimum absolute atomic E-state index is 0.311. The van der Waals surface area contributed by atoms with E-state index in [0.717, 1.165) is 26.6 Å². The van der Waals surface area contributed by atoms with Gasteiger partial charge in [0, 0.05) is 22.3 Å². The van der Waals surface area contributed by atoms with Gasteiger partial charge in [-0.1, -0.05) is 46.3 Å². The zero-order valence-electron chi connectivity index (χ0n) is 14.6. The second-order valence-corrected chi connectivity index (χ2v) is 10.2. The van der Waals surface area contributed by atoms with Gasteiger partial charge in [-0.2, -0.15) is 4.31 Å². The summed E-state index contributed by atoms with van der Waals surface area (Å²) in [4.78, 5) is 0.322. The summed E-state index contributed by atoms with van der Waals surface area (Å²) in [6, 6.07) is 18.8. The molecule has 1 aliphatic rings. The highest BCUT2D eigenvalue weighted by Gasteiger charge is 2.38. The maximum atomic E-state index is 13.4. The maximum absolute atomic E-state index is 13.4. The number of nitrogens with zero attached hydrogens (tertiary/aromatic N) is 1. The first kappa shape index (κ1) is 18.8. The molecule has 4 nitrogen and oxygen atoms in total. The van der Waals surface area contributed by atoms with E-state index in [9.17, 15) is 8.42 Å². The molecular formula is C20H18BrNO3S2. The van der Waals surface area contributed by atoms with Crippen LogP contribution in [0.25, 0.3) is 10.8 Å². The standard InChI is InChI=1S/C20H18BrNO3S2/c1-25-19-9-7-16(21)13-18(19)20-22(10-11-26-20)27(23,24)17-8-6-14-4-2-3-5-15(14)12-17/h2-9,12-13,20H,10-11H2,1H3/t20-/m0/s1. The molecule has 0 amide bonds. The predicted octanol–water partition coefficient (Wildman–Crippen LogP) is 5.05. The van der Waals surface area contributed by atoms with Crippen molar-refractivity contribution in [2.75, 3.05) is 19.4 Å². The molecule has 1 aliphatic heterocycles. The lowest BCUT2D eigenvalue weighted by molar-refractivity contribution is 0.390. The molecule has 0 aromatic heterocycles. The highest BCUT2D eigenvalue weighted by Crippen LogP contribution is 2.45. The van der Waals surface area contributed by atoms with Crippen LogP contribution in [0.1, 0.15) is 10.9 Å². The lowest BCUT2D eigenvalue weighted by atomic mass is 10.1. The van der Waals surface area contributed by atoms with Crippen LogP contribution in [0.5, 0.6) is 5.75 Å². The third-order valence-corrected chi connectivity index (χ3v) is 8.36. The second-order valence-electron chi connectivity index (χ2n) is 6.23. The van der Waals surface area contributed by atoms with Crippen molar-refractivity contribution in [3.8, 4) is 5.75 Å². The average molecular weight is 464 g/mol. The molecule has 3 aromatic carbocycles. The molecule has 0 spiro atoms. The minimum atomic E-state index is -3.62. The third kappa shape index (κ3) is 3.49. The number of hydrogen-bond acceptors (Lipinski definition) is 4. The number of sulfonamides is 1. The quantitative estimate of drug-likeness (QED) is 0.543. The van der Waals surface area contributed by atoms with Crippen molar-refractivity contribution in [2.45, 2.75) is 10.3 Å². The third-order valence-electron chi connectivity index (χ3n) is 4.63. The Morgan fingerprint density at radius 1 is 1.07 bits per heavy atom. The lowest BCUT2D eigenvalue weighted by Gasteiger charge is -2.25. The molecule has 0 aliphatic carbocycles. The van der Waals surface area contributed by atoms with E-state index in [1.165, 1.54) is 0 Å². The predicted molar refractivity (Wildman–Crippen MR) is 114 cm³/mol. The van der Waals surface area contributed by atoms with E-state index in [-0.39, 0.29) is 5.37 Å². The number of ether oxygens (including phenoxy) is 1. The van der Waals surface area contributed by atoms with Gasteiger partial charge in [-0.15, -0.1) is 11.8 Å². The van der Waals surface area contributed by atoms with Gasteiger partial charge in [-0.3, -0.25) is 0 Å². The van der Waals surface area contributed by atoms with Crippen LogP contribution in [0.4, 0.5) is 0 Å². The fourth-order valence-electron chi connectivity index (χ4n) is 3.31. The Balaban J connectivity index is 1.77. The number of fused-ring (bicyclic) bond motifs is 1. The van der Waals surface area contributed by atoms with Gasteiger partial charge in [0.05, 0.1) is 17.4 Å². The molecule has 1 heterocycles. The van der Waals surface area contributed by atoms with Crippen molar-refractivity contribution in [1.29, 1.82) is 0 Å². The first-order valence-corrected chi connectivity index (χ1v) is 11.7. The molecule has 140 valence electrons. The highest BCUT2D eigenvalue weighted by molar-refractivity contribution is 9.10. The van der Waals surface area contributed by atoms with Crippen molar-refractivity contribution in [3.05, 3.63) is 70.7 Å². The lowest BCUT2D eigenvalue weighted by Crippen LogP contribution is -2.30. The van der Waals surface area contributed by atoms with Gasteiger partial charge >= 0.3 is 0 Å². The van der Waals surface area contributed by atoms with Gasteiger partial charge in [0.2, 0.25) is 10.0 Å². The first-order valence-electron chi connectivity index (χ1n) is 8.46. The normalized spacial score (nSPS) is 18.1. The first-order chi connectivity index (χ1) is 13.0. The van der Waals surface area contributed by atoms with Gasteiger partial charge in [0.15, 0.2) is 0 Å². The second kappa shape index (κ2) is 7.47. The van der Waals surface area contributed by atoms with Crippen LogP contribution in [-0.4, -0.2) is 32.1 Å². The van der Waals surface area contributed by atoms with Crippen LogP contribution in [0.15, 0.2) is 70.0 Å². The molecule has 4 rings (SSSR count). The van der Waals surface area contributed by atoms with Crippen LogP contribution in [0, 0.1) is 0 Å². The Morgan fingerprint density at radius 2 is 1.85 bits per heavy atom. The number of rotatable bonds is 4. The smallest absolute Gasteiger partial charge is 0.244 e. The van der Waals surface area contributed by atoms with Gasteiger partial charge in [0.1, 0.15) is 5.75 Å². The SMILES string of the molecule is COc1ccc(Br)cc1[C@@H]1SCCN1S(=O)(=O)c1ccc2ccccc2c1. The van der Waals surface area contributed by atoms with Gasteiger partial charge in [0.25, 0.3) is 0 Å². The van der Waals surface area contributed by atoms with Gasteiger partial charge < -0.3 is 4.74 Å². The van der Waals surface area contributed by atoms with Crippen LogP contribution in [0.2, 0.25) is 0 Å². The molecular weight excluding hydrogens is 446 g/mol. The molecule has 1 fully saturated rings. The summed E-state index contributed by atoms with van der Waals surface area (Å²) >= 11 is 5.10. The fraction of sp³-hybridized carbons (Fsp3) is 0.200. The molecule has 0 saturated carbocycles. The van der Waals surface area contributed by atoms with Crippen LogP contribution in [0.3, 0.4) is 0 Å². The minimum Gasteiger partial charge on any atom is -0.496 e. The summed E-state index contributed by atoms with van der Waals surface area (Å²) in [5.74, 6) is 1.43. The average Bonchev–Trinajstić information content (AvgIpc) is 3.18. The van der Waals surface area contributed by atoms with E-state index in [4.69, 9.17) is 4.74 Å². The zero-order valence-corrected chi connectivity index (χ0v) is 17.9. The van der Waals surface area contributed by atoms with E-state index >= 15 is 0 Å². The largest absolute Gasteiger partial charge is 0.496 e. The van der Waals surface area contributed by atoms with Crippen molar-refractivity contribution in [2.24, 2.45) is 0 Å². The maximum Gasteiger partial charge on any atom is 0.244 e. The van der Waals surface area contributed by atoms with Crippen LogP contribution < -0.4 is 4.74 Å². The zero-order chi connectivity index (χ0) is 19.0. The highest BCUT2D eigenvalue weighted by atomic mass is 79.9. The van der Waals surface area contributed by atoms with Crippen molar-refractivity contribution < 1.29 is 13.2 Å². The van der Waals surface area contributed by atoms with Crippen molar-refractivity contribution >= 4 is 48.5 Å². The van der Waals surface area contributed by atoms with Gasteiger partial charge in [-0.05, 0) is 41.1 Å². The molecule has 0 N–H and O–H groups in total. The van der Waals surface area contributed by atoms with Crippen molar-refractivity contribution in [3.63, 3.8) is 0 Å². The van der Waals surface area contributed by atoms with E-state index < -0.39 is 10.0 Å². The Hall–Kier alpha value is -1.54. The van der Waals surface area contributed by atoms with E-state index in [2.05, 4.69) is 15.9 Å². The Bertz CT molecular complexity index is 1100. The molecule has 0 bridgehead atoms.